The lowest BCUT2D eigenvalue weighted by Crippen LogP contribution is -2.38. The number of nitrogens with zero attached hydrogens (tertiary/aromatic N) is 4. The molecule has 0 aromatic carbocycles. The van der Waals surface area contributed by atoms with E-state index in [1.54, 1.807) is 10.9 Å². The minimum Gasteiger partial charge on any atom is -0.357 e. The molecule has 0 spiro atoms. The van der Waals surface area contributed by atoms with Crippen LogP contribution >= 0.6 is 11.3 Å². The molecule has 2 aromatic rings. The first-order valence-corrected chi connectivity index (χ1v) is 8.27. The average Bonchev–Trinajstić information content (AvgIpc) is 3.13. The van der Waals surface area contributed by atoms with Crippen LogP contribution in [-0.4, -0.2) is 33.8 Å². The molecule has 0 atom stereocenters. The lowest BCUT2D eigenvalue weighted by Gasteiger charge is -2.10. The van der Waals surface area contributed by atoms with Crippen molar-refractivity contribution in [3.8, 4) is 0 Å². The van der Waals surface area contributed by atoms with Crippen LogP contribution in [0.4, 0.5) is 13.2 Å². The van der Waals surface area contributed by atoms with Gasteiger partial charge in [0.15, 0.2) is 11.7 Å². The van der Waals surface area contributed by atoms with Crippen LogP contribution in [0.1, 0.15) is 23.2 Å². The van der Waals surface area contributed by atoms with E-state index < -0.39 is 11.9 Å². The summed E-state index contributed by atoms with van der Waals surface area (Å²) in [4.78, 5) is 8.02. The van der Waals surface area contributed by atoms with Gasteiger partial charge in [-0.05, 0) is 6.92 Å². The molecule has 2 aromatic heterocycles. The minimum absolute atomic E-state index is 0.401. The summed E-state index contributed by atoms with van der Waals surface area (Å²) in [7, 11) is 1.83. The second kappa shape index (κ2) is 8.13. The van der Waals surface area contributed by atoms with Crippen molar-refractivity contribution in [3.63, 3.8) is 0 Å². The van der Waals surface area contributed by atoms with Crippen LogP contribution in [0, 0.1) is 0 Å². The Balaban J connectivity index is 1.85. The minimum atomic E-state index is -4.39. The van der Waals surface area contributed by atoms with Crippen molar-refractivity contribution in [2.75, 3.05) is 13.1 Å². The summed E-state index contributed by atoms with van der Waals surface area (Å²) >= 11 is 1.01. The Kier molecular flexibility index (Phi) is 6.18. The van der Waals surface area contributed by atoms with Gasteiger partial charge in [-0.1, -0.05) is 0 Å². The predicted octanol–water partition coefficient (Wildman–Crippen LogP) is 2.19. The van der Waals surface area contributed by atoms with E-state index in [0.29, 0.717) is 37.0 Å². The number of hydrogen-bond donors (Lipinski definition) is 2. The Morgan fingerprint density at radius 3 is 2.75 bits per heavy atom. The van der Waals surface area contributed by atoms with E-state index >= 15 is 0 Å². The molecule has 0 aliphatic heterocycles. The second-order valence-corrected chi connectivity index (χ2v) is 5.96. The molecule has 10 heteroatoms. The fourth-order valence-electron chi connectivity index (χ4n) is 1.91. The molecule has 0 saturated heterocycles. The second-order valence-electron chi connectivity index (χ2n) is 5.02. The van der Waals surface area contributed by atoms with Gasteiger partial charge in [-0.15, -0.1) is 11.3 Å². The van der Waals surface area contributed by atoms with Crippen molar-refractivity contribution in [1.82, 2.24) is 25.4 Å². The van der Waals surface area contributed by atoms with E-state index in [1.807, 2.05) is 20.2 Å². The molecule has 0 unspecified atom stereocenters. The third-order valence-corrected chi connectivity index (χ3v) is 3.90. The lowest BCUT2D eigenvalue weighted by atomic mass is 10.4. The highest BCUT2D eigenvalue weighted by Crippen LogP contribution is 2.29. The molecule has 132 valence electrons. The van der Waals surface area contributed by atoms with Crippen molar-refractivity contribution in [2.24, 2.45) is 12.0 Å². The number of hydrogen-bond acceptors (Lipinski definition) is 4. The molecular weight excluding hydrogens is 341 g/mol. The van der Waals surface area contributed by atoms with Crippen LogP contribution in [-0.2, 0) is 26.2 Å². The highest BCUT2D eigenvalue weighted by molar-refractivity contribution is 7.09. The monoisotopic (exact) mass is 360 g/mol. The molecule has 24 heavy (non-hydrogen) atoms. The van der Waals surface area contributed by atoms with Crippen molar-refractivity contribution in [2.45, 2.75) is 26.1 Å². The maximum atomic E-state index is 12.5. The summed E-state index contributed by atoms with van der Waals surface area (Å²) in [6, 6.07) is 0. The quantitative estimate of drug-likeness (QED) is 0.612. The Morgan fingerprint density at radius 2 is 2.17 bits per heavy atom. The van der Waals surface area contributed by atoms with Gasteiger partial charge in [0.25, 0.3) is 0 Å². The van der Waals surface area contributed by atoms with Gasteiger partial charge in [0.1, 0.15) is 0 Å². The van der Waals surface area contributed by atoms with Crippen LogP contribution in [0.2, 0.25) is 0 Å². The third-order valence-electron chi connectivity index (χ3n) is 3.00. The first kappa shape index (κ1) is 18.2. The third kappa shape index (κ3) is 5.52. The van der Waals surface area contributed by atoms with Gasteiger partial charge < -0.3 is 10.6 Å². The molecule has 2 rings (SSSR count). The van der Waals surface area contributed by atoms with Crippen molar-refractivity contribution < 1.29 is 13.2 Å². The smallest absolute Gasteiger partial charge is 0.357 e. The summed E-state index contributed by atoms with van der Waals surface area (Å²) in [5.74, 6) is 0.606. The number of alkyl halides is 3. The number of halogens is 3. The maximum Gasteiger partial charge on any atom is 0.434 e. The first-order chi connectivity index (χ1) is 11.4. The lowest BCUT2D eigenvalue weighted by molar-refractivity contribution is -0.140. The number of nitrogens with one attached hydrogen (secondary N) is 2. The summed E-state index contributed by atoms with van der Waals surface area (Å²) in [5, 5.41) is 11.7. The Hall–Kier alpha value is -2.10. The molecule has 0 aliphatic rings. The number of aromatic nitrogens is 3. The SMILES string of the molecule is CCNC(=NCc1cnn(C)c1)NCCc1nc(C(F)(F)F)cs1. The molecule has 0 aliphatic carbocycles. The van der Waals surface area contributed by atoms with E-state index in [0.717, 1.165) is 22.3 Å². The van der Waals surface area contributed by atoms with Gasteiger partial charge in [-0.3, -0.25) is 4.68 Å². The van der Waals surface area contributed by atoms with Crippen LogP contribution in [0.25, 0.3) is 0 Å². The van der Waals surface area contributed by atoms with Crippen molar-refractivity contribution in [3.05, 3.63) is 34.0 Å². The molecule has 2 N–H and O–H groups in total. The van der Waals surface area contributed by atoms with Crippen LogP contribution in [0.5, 0.6) is 0 Å². The molecular formula is C14H19F3N6S. The molecule has 0 amide bonds. The molecule has 0 radical (unpaired) electrons. The zero-order chi connectivity index (χ0) is 17.6. The zero-order valence-electron chi connectivity index (χ0n) is 13.4. The van der Waals surface area contributed by atoms with Gasteiger partial charge in [0.2, 0.25) is 0 Å². The van der Waals surface area contributed by atoms with Gasteiger partial charge >= 0.3 is 6.18 Å². The van der Waals surface area contributed by atoms with E-state index in [-0.39, 0.29) is 0 Å². The Labute approximate surface area is 141 Å². The van der Waals surface area contributed by atoms with E-state index in [2.05, 4.69) is 25.7 Å². The van der Waals surface area contributed by atoms with Crippen molar-refractivity contribution >= 4 is 17.3 Å². The zero-order valence-corrected chi connectivity index (χ0v) is 14.2. The highest BCUT2D eigenvalue weighted by atomic mass is 32.1. The first-order valence-electron chi connectivity index (χ1n) is 7.39. The van der Waals surface area contributed by atoms with Crippen molar-refractivity contribution in [1.29, 1.82) is 0 Å². The topological polar surface area (TPSA) is 67.1 Å². The molecule has 0 fully saturated rings. The van der Waals surface area contributed by atoms with Gasteiger partial charge in [-0.25, -0.2) is 9.98 Å². The largest absolute Gasteiger partial charge is 0.434 e. The van der Waals surface area contributed by atoms with Gasteiger partial charge in [-0.2, -0.15) is 18.3 Å². The van der Waals surface area contributed by atoms with E-state index in [4.69, 9.17) is 0 Å². The predicted molar refractivity (Wildman–Crippen MR) is 86.8 cm³/mol. The summed E-state index contributed by atoms with van der Waals surface area (Å²) in [5.41, 5.74) is 0.143. The molecule has 0 saturated carbocycles. The van der Waals surface area contributed by atoms with Crippen LogP contribution in [0.15, 0.2) is 22.8 Å². The Morgan fingerprint density at radius 1 is 1.38 bits per heavy atom. The normalized spacial score (nSPS) is 12.5. The highest BCUT2D eigenvalue weighted by Gasteiger charge is 2.33. The summed E-state index contributed by atoms with van der Waals surface area (Å²) in [6.45, 7) is 3.55. The van der Waals surface area contributed by atoms with Gasteiger partial charge in [0, 0.05) is 43.7 Å². The van der Waals surface area contributed by atoms with E-state index in [1.165, 1.54) is 0 Å². The fraction of sp³-hybridized carbons (Fsp3) is 0.500. The molecule has 0 bridgehead atoms. The Bertz CT molecular complexity index is 676. The number of guanidine groups is 1. The maximum absolute atomic E-state index is 12.5. The number of aliphatic imine (C=N–C) groups is 1. The van der Waals surface area contributed by atoms with E-state index in [9.17, 15) is 13.2 Å². The van der Waals surface area contributed by atoms with Crippen LogP contribution in [0.3, 0.4) is 0 Å². The van der Waals surface area contributed by atoms with Gasteiger partial charge in [0.05, 0.1) is 17.7 Å². The summed E-state index contributed by atoms with van der Waals surface area (Å²) < 4.78 is 39.2. The fourth-order valence-corrected chi connectivity index (χ4v) is 2.71. The molecule has 2 heterocycles. The standard InChI is InChI=1S/C14H19F3N6S/c1-3-18-13(20-6-10-7-21-23(2)8-10)19-5-4-12-22-11(9-24-12)14(15,16)17/h7-9H,3-6H2,1-2H3,(H2,18,19,20). The van der Waals surface area contributed by atoms with Crippen LogP contribution < -0.4 is 10.6 Å². The number of thiazole rings is 1. The molecule has 6 nitrogen and oxygen atoms in total. The number of rotatable bonds is 6. The average molecular weight is 360 g/mol. The number of aryl methyl sites for hydroxylation is 1. The summed E-state index contributed by atoms with van der Waals surface area (Å²) in [6.07, 6.45) is -0.372.